The van der Waals surface area contributed by atoms with Gasteiger partial charge in [-0.05, 0) is 42.3 Å². The van der Waals surface area contributed by atoms with Crippen molar-refractivity contribution in [3.8, 4) is 5.75 Å². The Morgan fingerprint density at radius 2 is 1.90 bits per heavy atom. The molecular formula is C24H29N3O4. The zero-order valence-corrected chi connectivity index (χ0v) is 17.9. The van der Waals surface area contributed by atoms with Crippen molar-refractivity contribution in [2.45, 2.75) is 18.9 Å². The number of nitrogens with one attached hydrogen (secondary N) is 1. The van der Waals surface area contributed by atoms with E-state index in [-0.39, 0.29) is 17.9 Å². The van der Waals surface area contributed by atoms with Crippen molar-refractivity contribution in [3.63, 3.8) is 0 Å². The Morgan fingerprint density at radius 1 is 1.13 bits per heavy atom. The fourth-order valence-corrected chi connectivity index (χ4v) is 4.20. The number of amides is 2. The maximum absolute atomic E-state index is 12.9. The second-order valence-corrected chi connectivity index (χ2v) is 7.85. The van der Waals surface area contributed by atoms with Crippen LogP contribution in [0.4, 0.5) is 5.69 Å². The summed E-state index contributed by atoms with van der Waals surface area (Å²) in [6.45, 7) is 4.20. The Morgan fingerprint density at radius 3 is 2.58 bits per heavy atom. The lowest BCUT2D eigenvalue weighted by atomic mass is 10.0. The van der Waals surface area contributed by atoms with Crippen LogP contribution in [0.3, 0.4) is 0 Å². The zero-order valence-electron chi connectivity index (χ0n) is 17.9. The molecule has 31 heavy (non-hydrogen) atoms. The highest BCUT2D eigenvalue weighted by atomic mass is 16.5. The average Bonchev–Trinajstić information content (AvgIpc) is 3.26. The summed E-state index contributed by atoms with van der Waals surface area (Å²) in [5.41, 5.74) is 2.47. The highest BCUT2D eigenvalue weighted by Crippen LogP contribution is 2.25. The van der Waals surface area contributed by atoms with Gasteiger partial charge in [-0.2, -0.15) is 0 Å². The van der Waals surface area contributed by atoms with Crippen molar-refractivity contribution >= 4 is 17.5 Å². The Labute approximate surface area is 182 Å². The number of morpholine rings is 1. The number of rotatable bonds is 7. The number of nitrogens with zero attached hydrogens (tertiary/aromatic N) is 2. The summed E-state index contributed by atoms with van der Waals surface area (Å²) in [4.78, 5) is 29.1. The molecule has 1 N–H and O–H groups in total. The second-order valence-electron chi connectivity index (χ2n) is 7.85. The van der Waals surface area contributed by atoms with Crippen molar-refractivity contribution in [2.24, 2.45) is 0 Å². The predicted octanol–water partition coefficient (Wildman–Crippen LogP) is 2.63. The molecule has 1 atom stereocenters. The molecule has 0 spiro atoms. The maximum atomic E-state index is 12.9. The monoisotopic (exact) mass is 423 g/mol. The van der Waals surface area contributed by atoms with Gasteiger partial charge < -0.3 is 19.7 Å². The molecule has 2 heterocycles. The van der Waals surface area contributed by atoms with Gasteiger partial charge in [-0.1, -0.05) is 18.2 Å². The van der Waals surface area contributed by atoms with Gasteiger partial charge in [0.1, 0.15) is 5.75 Å². The van der Waals surface area contributed by atoms with Crippen molar-refractivity contribution in [3.05, 3.63) is 59.7 Å². The summed E-state index contributed by atoms with van der Waals surface area (Å²) < 4.78 is 10.8. The van der Waals surface area contributed by atoms with E-state index in [2.05, 4.69) is 10.2 Å². The van der Waals surface area contributed by atoms with E-state index in [0.29, 0.717) is 38.3 Å². The van der Waals surface area contributed by atoms with Crippen molar-refractivity contribution < 1.29 is 19.1 Å². The first-order valence-corrected chi connectivity index (χ1v) is 10.8. The van der Waals surface area contributed by atoms with Gasteiger partial charge in [0.15, 0.2) is 0 Å². The van der Waals surface area contributed by atoms with Crippen LogP contribution in [0.1, 0.15) is 34.8 Å². The number of carbonyl (C=O) groups is 2. The number of anilines is 1. The van der Waals surface area contributed by atoms with Crippen LogP contribution in [0.15, 0.2) is 48.5 Å². The number of hydrogen-bond acceptors (Lipinski definition) is 5. The molecule has 2 aliphatic heterocycles. The predicted molar refractivity (Wildman–Crippen MR) is 118 cm³/mol. The third-order valence-corrected chi connectivity index (χ3v) is 5.94. The molecule has 164 valence electrons. The highest BCUT2D eigenvalue weighted by Gasteiger charge is 2.25. The highest BCUT2D eigenvalue weighted by molar-refractivity contribution is 5.99. The lowest BCUT2D eigenvalue weighted by Gasteiger charge is -2.35. The summed E-state index contributed by atoms with van der Waals surface area (Å²) in [7, 11) is 1.65. The summed E-state index contributed by atoms with van der Waals surface area (Å²) in [6.07, 6.45) is 1.43. The summed E-state index contributed by atoms with van der Waals surface area (Å²) >= 11 is 0. The maximum Gasteiger partial charge on any atom is 0.251 e. The molecule has 2 fully saturated rings. The zero-order chi connectivity index (χ0) is 21.6. The molecule has 7 nitrogen and oxygen atoms in total. The minimum atomic E-state index is -0.139. The van der Waals surface area contributed by atoms with E-state index in [1.165, 1.54) is 0 Å². The van der Waals surface area contributed by atoms with E-state index < -0.39 is 0 Å². The smallest absolute Gasteiger partial charge is 0.251 e. The number of carbonyl (C=O) groups excluding carboxylic acids is 2. The van der Waals surface area contributed by atoms with Gasteiger partial charge in [-0.15, -0.1) is 0 Å². The van der Waals surface area contributed by atoms with Gasteiger partial charge >= 0.3 is 0 Å². The van der Waals surface area contributed by atoms with Crippen molar-refractivity contribution in [2.75, 3.05) is 51.4 Å². The van der Waals surface area contributed by atoms with Gasteiger partial charge in [0.05, 0.1) is 26.4 Å². The number of benzene rings is 2. The molecule has 0 unspecified atom stereocenters. The van der Waals surface area contributed by atoms with Crippen LogP contribution < -0.4 is 15.0 Å². The fraction of sp³-hybridized carbons (Fsp3) is 0.417. The van der Waals surface area contributed by atoms with Gasteiger partial charge in [0, 0.05) is 43.9 Å². The Bertz CT molecular complexity index is 909. The van der Waals surface area contributed by atoms with Crippen molar-refractivity contribution in [1.82, 2.24) is 10.2 Å². The first kappa shape index (κ1) is 21.3. The van der Waals surface area contributed by atoms with Crippen LogP contribution in [0, 0.1) is 0 Å². The minimum absolute atomic E-state index is 0.0436. The molecule has 0 aromatic heterocycles. The molecule has 2 aromatic carbocycles. The van der Waals surface area contributed by atoms with Gasteiger partial charge in [-0.25, -0.2) is 0 Å². The molecule has 0 bridgehead atoms. The van der Waals surface area contributed by atoms with Crippen LogP contribution in [-0.4, -0.2) is 63.2 Å². The molecule has 2 aliphatic rings. The Hall–Kier alpha value is -2.90. The average molecular weight is 424 g/mol. The first-order valence-electron chi connectivity index (χ1n) is 10.8. The van der Waals surface area contributed by atoms with E-state index in [1.807, 2.05) is 36.4 Å². The molecule has 0 saturated carbocycles. The Balaban J connectivity index is 1.47. The van der Waals surface area contributed by atoms with E-state index in [0.717, 1.165) is 36.5 Å². The molecule has 2 saturated heterocycles. The topological polar surface area (TPSA) is 71.1 Å². The molecule has 0 radical (unpaired) electrons. The normalized spacial score (nSPS) is 18.1. The molecule has 0 aliphatic carbocycles. The standard InChI is InChI=1S/C24H29N3O4/c1-30-21-9-7-18(8-10-21)22(26-12-14-31-15-13-26)17-25-24(29)19-4-2-5-20(16-19)27-11-3-6-23(27)28/h2,4-5,7-10,16,22H,3,6,11-15,17H2,1H3,(H,25,29)/t22-/m0/s1. The minimum Gasteiger partial charge on any atom is -0.497 e. The molecule has 2 aromatic rings. The molecule has 4 rings (SSSR count). The number of ether oxygens (including phenoxy) is 2. The van der Waals surface area contributed by atoms with Crippen LogP contribution in [0.2, 0.25) is 0 Å². The largest absolute Gasteiger partial charge is 0.497 e. The van der Waals surface area contributed by atoms with Crippen LogP contribution in [0.25, 0.3) is 0 Å². The van der Waals surface area contributed by atoms with Crippen LogP contribution in [0.5, 0.6) is 5.75 Å². The van der Waals surface area contributed by atoms with Crippen LogP contribution in [-0.2, 0) is 9.53 Å². The number of hydrogen-bond donors (Lipinski definition) is 1. The lowest BCUT2D eigenvalue weighted by Crippen LogP contribution is -2.43. The van der Waals surface area contributed by atoms with E-state index >= 15 is 0 Å². The van der Waals surface area contributed by atoms with Gasteiger partial charge in [-0.3, -0.25) is 14.5 Å². The van der Waals surface area contributed by atoms with Crippen LogP contribution >= 0.6 is 0 Å². The van der Waals surface area contributed by atoms with Gasteiger partial charge in [0.25, 0.3) is 5.91 Å². The molecule has 2 amide bonds. The summed E-state index contributed by atoms with van der Waals surface area (Å²) in [5, 5.41) is 3.10. The van der Waals surface area contributed by atoms with E-state index in [4.69, 9.17) is 9.47 Å². The third kappa shape index (κ3) is 5.06. The quantitative estimate of drug-likeness (QED) is 0.741. The fourth-order valence-electron chi connectivity index (χ4n) is 4.20. The third-order valence-electron chi connectivity index (χ3n) is 5.94. The van der Waals surface area contributed by atoms with E-state index in [9.17, 15) is 9.59 Å². The lowest BCUT2D eigenvalue weighted by molar-refractivity contribution is -0.117. The Kier molecular flexibility index (Phi) is 6.84. The summed E-state index contributed by atoms with van der Waals surface area (Å²) in [5.74, 6) is 0.784. The van der Waals surface area contributed by atoms with Crippen molar-refractivity contribution in [1.29, 1.82) is 0 Å². The van der Waals surface area contributed by atoms with E-state index in [1.54, 1.807) is 24.1 Å². The first-order chi connectivity index (χ1) is 15.2. The molecular weight excluding hydrogens is 394 g/mol. The summed E-state index contributed by atoms with van der Waals surface area (Å²) in [6, 6.07) is 15.3. The second kappa shape index (κ2) is 9.94. The SMILES string of the molecule is COc1ccc([C@H](CNC(=O)c2cccc(N3CCCC3=O)c2)N2CCOCC2)cc1. The number of methoxy groups -OCH3 is 1. The molecule has 7 heteroatoms. The van der Waals surface area contributed by atoms with Gasteiger partial charge in [0.2, 0.25) is 5.91 Å².